The van der Waals surface area contributed by atoms with Crippen LogP contribution in [0.25, 0.3) is 0 Å². The lowest BCUT2D eigenvalue weighted by molar-refractivity contribution is -0.133. The zero-order chi connectivity index (χ0) is 10.7. The number of carbonyl (C=O) groups excluding carboxylic acids is 1. The number of hydrogen-bond donors (Lipinski definition) is 1. The van der Waals surface area contributed by atoms with Crippen molar-refractivity contribution < 1.29 is 4.79 Å². The van der Waals surface area contributed by atoms with E-state index in [2.05, 4.69) is 17.1 Å². The van der Waals surface area contributed by atoms with Crippen molar-refractivity contribution in [1.82, 2.24) is 10.2 Å². The van der Waals surface area contributed by atoms with Crippen LogP contribution in [0.5, 0.6) is 0 Å². The molecule has 1 amide bonds. The molecule has 2 fully saturated rings. The molecule has 86 valence electrons. The maximum atomic E-state index is 12.1. The average molecular weight is 210 g/mol. The van der Waals surface area contributed by atoms with Crippen molar-refractivity contribution in [2.75, 3.05) is 19.6 Å². The van der Waals surface area contributed by atoms with Crippen LogP contribution in [0.4, 0.5) is 0 Å². The predicted molar refractivity (Wildman–Crippen MR) is 60.6 cm³/mol. The van der Waals surface area contributed by atoms with Crippen LogP contribution in [0.3, 0.4) is 0 Å². The summed E-state index contributed by atoms with van der Waals surface area (Å²) in [6, 6.07) is 0.124. The molecule has 3 nitrogen and oxygen atoms in total. The van der Waals surface area contributed by atoms with Gasteiger partial charge in [0.15, 0.2) is 0 Å². The van der Waals surface area contributed by atoms with Gasteiger partial charge in [0.2, 0.25) is 5.91 Å². The predicted octanol–water partition coefficient (Wildman–Crippen LogP) is 1.39. The van der Waals surface area contributed by atoms with E-state index in [0.717, 1.165) is 38.4 Å². The summed E-state index contributed by atoms with van der Waals surface area (Å²) in [5, 5.41) is 3.29. The van der Waals surface area contributed by atoms with E-state index in [1.165, 1.54) is 19.3 Å². The zero-order valence-corrected chi connectivity index (χ0v) is 9.67. The summed E-state index contributed by atoms with van der Waals surface area (Å²) in [6.45, 7) is 5.25. The molecule has 0 aromatic heterocycles. The van der Waals surface area contributed by atoms with Crippen LogP contribution in [0.15, 0.2) is 0 Å². The number of hydrogen-bond acceptors (Lipinski definition) is 2. The van der Waals surface area contributed by atoms with Crippen molar-refractivity contribution in [2.24, 2.45) is 5.92 Å². The third-order valence-corrected chi connectivity index (χ3v) is 3.69. The van der Waals surface area contributed by atoms with Crippen LogP contribution in [-0.4, -0.2) is 36.5 Å². The van der Waals surface area contributed by atoms with E-state index >= 15 is 0 Å². The van der Waals surface area contributed by atoms with Gasteiger partial charge in [-0.2, -0.15) is 0 Å². The van der Waals surface area contributed by atoms with Crippen molar-refractivity contribution in [3.8, 4) is 0 Å². The minimum Gasteiger partial charge on any atom is -0.341 e. The number of likely N-dealkylation sites (tertiary alicyclic amines) is 1. The van der Waals surface area contributed by atoms with Crippen LogP contribution in [0, 0.1) is 5.92 Å². The summed E-state index contributed by atoms with van der Waals surface area (Å²) in [6.07, 6.45) is 5.82. The Kier molecular flexibility index (Phi) is 3.62. The quantitative estimate of drug-likeness (QED) is 0.709. The Labute approximate surface area is 92.2 Å². The number of amides is 1. The van der Waals surface area contributed by atoms with Gasteiger partial charge in [0.25, 0.3) is 0 Å². The standard InChI is InChI=1S/C12H22N2O/c1-10-4-3-8-14(9-6-10)12(15)11-5-2-7-13-11/h10-11,13H,2-9H2,1H3/t10?,11-/m0/s1. The second kappa shape index (κ2) is 4.97. The van der Waals surface area contributed by atoms with Crippen LogP contribution in [-0.2, 0) is 4.79 Å². The Morgan fingerprint density at radius 3 is 2.80 bits per heavy atom. The molecular formula is C12H22N2O. The molecule has 15 heavy (non-hydrogen) atoms. The van der Waals surface area contributed by atoms with Gasteiger partial charge in [-0.15, -0.1) is 0 Å². The first-order valence-corrected chi connectivity index (χ1v) is 6.29. The number of nitrogens with one attached hydrogen (secondary N) is 1. The van der Waals surface area contributed by atoms with E-state index in [1.807, 2.05) is 0 Å². The zero-order valence-electron chi connectivity index (χ0n) is 9.67. The Hall–Kier alpha value is -0.570. The molecule has 0 radical (unpaired) electrons. The Morgan fingerprint density at radius 1 is 1.20 bits per heavy atom. The van der Waals surface area contributed by atoms with Crippen LogP contribution >= 0.6 is 0 Å². The molecule has 0 aromatic rings. The molecule has 0 saturated carbocycles. The van der Waals surface area contributed by atoms with Crippen molar-refractivity contribution >= 4 is 5.91 Å². The fourth-order valence-corrected chi connectivity index (χ4v) is 2.60. The Bertz CT molecular complexity index is 224. The molecular weight excluding hydrogens is 188 g/mol. The molecule has 0 aromatic carbocycles. The third-order valence-electron chi connectivity index (χ3n) is 3.69. The molecule has 2 atom stereocenters. The molecule has 2 aliphatic rings. The van der Waals surface area contributed by atoms with E-state index in [0.29, 0.717) is 5.91 Å². The van der Waals surface area contributed by atoms with Crippen LogP contribution < -0.4 is 5.32 Å². The molecule has 2 heterocycles. The van der Waals surface area contributed by atoms with E-state index in [9.17, 15) is 4.79 Å². The largest absolute Gasteiger partial charge is 0.341 e. The van der Waals surface area contributed by atoms with Gasteiger partial charge in [0.05, 0.1) is 6.04 Å². The molecule has 0 bridgehead atoms. The SMILES string of the molecule is CC1CCCN(C(=O)[C@@H]2CCCN2)CC1. The van der Waals surface area contributed by atoms with Gasteiger partial charge in [-0.25, -0.2) is 0 Å². The van der Waals surface area contributed by atoms with Gasteiger partial charge < -0.3 is 10.2 Å². The van der Waals surface area contributed by atoms with Gasteiger partial charge in [-0.05, 0) is 44.6 Å². The monoisotopic (exact) mass is 210 g/mol. The highest BCUT2D eigenvalue weighted by Gasteiger charge is 2.27. The summed E-state index contributed by atoms with van der Waals surface area (Å²) in [7, 11) is 0. The van der Waals surface area contributed by atoms with Crippen molar-refractivity contribution in [1.29, 1.82) is 0 Å². The highest BCUT2D eigenvalue weighted by Crippen LogP contribution is 2.18. The van der Waals surface area contributed by atoms with E-state index in [-0.39, 0.29) is 6.04 Å². The molecule has 3 heteroatoms. The first kappa shape index (κ1) is 10.9. The first-order valence-electron chi connectivity index (χ1n) is 6.29. The molecule has 0 spiro atoms. The lowest BCUT2D eigenvalue weighted by Gasteiger charge is -2.24. The van der Waals surface area contributed by atoms with Crippen molar-refractivity contribution in [3.05, 3.63) is 0 Å². The summed E-state index contributed by atoms with van der Waals surface area (Å²) < 4.78 is 0. The number of rotatable bonds is 1. The molecule has 0 aliphatic carbocycles. The van der Waals surface area contributed by atoms with Crippen LogP contribution in [0.2, 0.25) is 0 Å². The van der Waals surface area contributed by atoms with Gasteiger partial charge in [0.1, 0.15) is 0 Å². The Morgan fingerprint density at radius 2 is 2.07 bits per heavy atom. The van der Waals surface area contributed by atoms with Gasteiger partial charge in [-0.1, -0.05) is 6.92 Å². The second-order valence-corrected chi connectivity index (χ2v) is 5.01. The van der Waals surface area contributed by atoms with Crippen LogP contribution in [0.1, 0.15) is 39.0 Å². The summed E-state index contributed by atoms with van der Waals surface area (Å²) in [4.78, 5) is 14.2. The molecule has 2 saturated heterocycles. The first-order chi connectivity index (χ1) is 7.27. The fraction of sp³-hybridized carbons (Fsp3) is 0.917. The van der Waals surface area contributed by atoms with Gasteiger partial charge in [-0.3, -0.25) is 4.79 Å². The number of carbonyl (C=O) groups is 1. The lowest BCUT2D eigenvalue weighted by Crippen LogP contribution is -2.44. The number of nitrogens with zero attached hydrogens (tertiary/aromatic N) is 1. The normalized spacial score (nSPS) is 32.7. The minimum absolute atomic E-state index is 0.124. The topological polar surface area (TPSA) is 32.3 Å². The third kappa shape index (κ3) is 2.71. The maximum Gasteiger partial charge on any atom is 0.239 e. The average Bonchev–Trinajstić information content (AvgIpc) is 2.67. The second-order valence-electron chi connectivity index (χ2n) is 5.01. The van der Waals surface area contributed by atoms with Gasteiger partial charge >= 0.3 is 0 Å². The van der Waals surface area contributed by atoms with E-state index in [1.54, 1.807) is 0 Å². The molecule has 1 unspecified atom stereocenters. The lowest BCUT2D eigenvalue weighted by atomic mass is 10.0. The van der Waals surface area contributed by atoms with E-state index in [4.69, 9.17) is 0 Å². The summed E-state index contributed by atoms with van der Waals surface area (Å²) in [5.41, 5.74) is 0. The molecule has 2 rings (SSSR count). The summed E-state index contributed by atoms with van der Waals surface area (Å²) >= 11 is 0. The van der Waals surface area contributed by atoms with Crippen molar-refractivity contribution in [3.63, 3.8) is 0 Å². The maximum absolute atomic E-state index is 12.1. The molecule has 1 N–H and O–H groups in total. The summed E-state index contributed by atoms with van der Waals surface area (Å²) in [5.74, 6) is 1.14. The highest BCUT2D eigenvalue weighted by molar-refractivity contribution is 5.82. The van der Waals surface area contributed by atoms with Crippen molar-refractivity contribution in [2.45, 2.75) is 45.1 Å². The minimum atomic E-state index is 0.124. The Balaban J connectivity index is 1.88. The highest BCUT2D eigenvalue weighted by atomic mass is 16.2. The fourth-order valence-electron chi connectivity index (χ4n) is 2.60. The van der Waals surface area contributed by atoms with Gasteiger partial charge in [0, 0.05) is 13.1 Å². The van der Waals surface area contributed by atoms with E-state index < -0.39 is 0 Å². The molecule has 2 aliphatic heterocycles. The smallest absolute Gasteiger partial charge is 0.239 e.